The average Bonchev–Trinajstić information content (AvgIpc) is 2.79. The molecule has 1 aliphatic rings. The fraction of sp³-hybridized carbons (Fsp3) is 0.435. The summed E-state index contributed by atoms with van der Waals surface area (Å²) in [6.07, 6.45) is 1.22. The first-order chi connectivity index (χ1) is 14.5. The number of likely N-dealkylation sites (tertiary alicyclic amines) is 1. The molecule has 30 heavy (non-hydrogen) atoms. The number of piperidine rings is 1. The second kappa shape index (κ2) is 9.71. The summed E-state index contributed by atoms with van der Waals surface area (Å²) in [5.74, 6) is 1.45. The van der Waals surface area contributed by atoms with Gasteiger partial charge in [-0.25, -0.2) is 0 Å². The van der Waals surface area contributed by atoms with Crippen LogP contribution in [0, 0.1) is 5.92 Å². The van der Waals surface area contributed by atoms with Crippen molar-refractivity contribution >= 4 is 5.97 Å². The molecule has 1 saturated heterocycles. The molecule has 162 valence electrons. The zero-order chi connectivity index (χ0) is 21.7. The predicted octanol–water partition coefficient (Wildman–Crippen LogP) is 3.61. The van der Waals surface area contributed by atoms with Gasteiger partial charge in [0.2, 0.25) is 5.75 Å². The van der Waals surface area contributed by atoms with Crippen molar-refractivity contribution in [3.63, 3.8) is 0 Å². The lowest BCUT2D eigenvalue weighted by molar-refractivity contribution is -0.143. The summed E-state index contributed by atoms with van der Waals surface area (Å²) in [4.78, 5) is 13.7. The van der Waals surface area contributed by atoms with Crippen LogP contribution >= 0.6 is 0 Å². The van der Waals surface area contributed by atoms with E-state index in [9.17, 15) is 9.90 Å². The van der Waals surface area contributed by atoms with E-state index in [2.05, 4.69) is 11.0 Å². The number of carboxylic acid groups (broad SMARTS) is 1. The maximum atomic E-state index is 11.4. The van der Waals surface area contributed by atoms with E-state index in [1.54, 1.807) is 28.4 Å². The van der Waals surface area contributed by atoms with Gasteiger partial charge >= 0.3 is 5.97 Å². The highest BCUT2D eigenvalue weighted by atomic mass is 16.5. The quantitative estimate of drug-likeness (QED) is 0.706. The van der Waals surface area contributed by atoms with Gasteiger partial charge < -0.3 is 24.1 Å². The van der Waals surface area contributed by atoms with Crippen molar-refractivity contribution in [3.05, 3.63) is 47.5 Å². The minimum absolute atomic E-state index is 0.108. The number of benzene rings is 2. The van der Waals surface area contributed by atoms with Crippen LogP contribution in [0.4, 0.5) is 0 Å². The molecule has 1 unspecified atom stereocenters. The van der Waals surface area contributed by atoms with Crippen molar-refractivity contribution in [1.29, 1.82) is 0 Å². The molecule has 0 aromatic heterocycles. The van der Waals surface area contributed by atoms with E-state index < -0.39 is 5.97 Å². The average molecular weight is 415 g/mol. The van der Waals surface area contributed by atoms with E-state index in [0.29, 0.717) is 43.2 Å². The van der Waals surface area contributed by atoms with E-state index in [4.69, 9.17) is 18.9 Å². The largest absolute Gasteiger partial charge is 0.497 e. The van der Waals surface area contributed by atoms with Gasteiger partial charge in [0.15, 0.2) is 11.5 Å². The number of hydrogen-bond donors (Lipinski definition) is 1. The molecule has 0 spiro atoms. The molecule has 0 aliphatic carbocycles. The van der Waals surface area contributed by atoms with Crippen LogP contribution < -0.4 is 18.9 Å². The van der Waals surface area contributed by atoms with Crippen molar-refractivity contribution in [2.24, 2.45) is 5.92 Å². The molecule has 7 heteroatoms. The third-order valence-electron chi connectivity index (χ3n) is 5.66. The number of hydrogen-bond acceptors (Lipinski definition) is 6. The van der Waals surface area contributed by atoms with Crippen molar-refractivity contribution in [3.8, 4) is 23.0 Å². The number of methoxy groups -OCH3 is 4. The number of ether oxygens (including phenoxy) is 4. The van der Waals surface area contributed by atoms with Gasteiger partial charge in [0.25, 0.3) is 0 Å². The van der Waals surface area contributed by atoms with Crippen molar-refractivity contribution in [2.45, 2.75) is 18.9 Å². The summed E-state index contributed by atoms with van der Waals surface area (Å²) in [5, 5.41) is 9.38. The maximum Gasteiger partial charge on any atom is 0.306 e. The van der Waals surface area contributed by atoms with Crippen molar-refractivity contribution in [2.75, 3.05) is 41.5 Å². The van der Waals surface area contributed by atoms with E-state index in [1.807, 2.05) is 30.3 Å². The smallest absolute Gasteiger partial charge is 0.306 e. The monoisotopic (exact) mass is 415 g/mol. The lowest BCUT2D eigenvalue weighted by Crippen LogP contribution is -2.39. The van der Waals surface area contributed by atoms with E-state index >= 15 is 0 Å². The summed E-state index contributed by atoms with van der Waals surface area (Å²) in [6, 6.07) is 11.7. The van der Waals surface area contributed by atoms with Crippen LogP contribution in [-0.2, 0) is 4.79 Å². The molecule has 1 N–H and O–H groups in total. The minimum atomic E-state index is -0.722. The van der Waals surface area contributed by atoms with Crippen molar-refractivity contribution < 1.29 is 28.8 Å². The highest BCUT2D eigenvalue weighted by Crippen LogP contribution is 2.43. The Labute approximate surface area is 177 Å². The van der Waals surface area contributed by atoms with E-state index in [1.165, 1.54) is 0 Å². The van der Waals surface area contributed by atoms with Gasteiger partial charge in [-0.15, -0.1) is 0 Å². The predicted molar refractivity (Wildman–Crippen MR) is 113 cm³/mol. The second-order valence-corrected chi connectivity index (χ2v) is 7.29. The number of carboxylic acids is 1. The zero-order valence-electron chi connectivity index (χ0n) is 17.9. The van der Waals surface area contributed by atoms with Gasteiger partial charge in [0, 0.05) is 0 Å². The fourth-order valence-corrected chi connectivity index (χ4v) is 4.09. The van der Waals surface area contributed by atoms with Crippen LogP contribution in [0.3, 0.4) is 0 Å². The van der Waals surface area contributed by atoms with E-state index in [-0.39, 0.29) is 12.0 Å². The van der Waals surface area contributed by atoms with Gasteiger partial charge in [-0.3, -0.25) is 9.69 Å². The summed E-state index contributed by atoms with van der Waals surface area (Å²) >= 11 is 0. The van der Waals surface area contributed by atoms with Gasteiger partial charge in [-0.2, -0.15) is 0 Å². The Hall–Kier alpha value is -2.93. The van der Waals surface area contributed by atoms with Crippen LogP contribution in [0.2, 0.25) is 0 Å². The second-order valence-electron chi connectivity index (χ2n) is 7.29. The third-order valence-corrected chi connectivity index (χ3v) is 5.66. The summed E-state index contributed by atoms with van der Waals surface area (Å²) in [5.41, 5.74) is 2.03. The van der Waals surface area contributed by atoms with Crippen LogP contribution in [0.25, 0.3) is 0 Å². The van der Waals surface area contributed by atoms with Crippen LogP contribution in [0.15, 0.2) is 36.4 Å². The first kappa shape index (κ1) is 21.8. The molecule has 2 aromatic carbocycles. The first-order valence-corrected chi connectivity index (χ1v) is 9.93. The Bertz CT molecular complexity index is 851. The standard InChI is InChI=1S/C23H29NO6/c1-27-18-7-5-6-16(12-18)21(24-10-8-15(9-11-24)23(25)26)17-13-19(28-2)22(30-4)20(14-17)29-3/h5-7,12-15,21H,8-11H2,1-4H3,(H,25,26). The molecule has 1 fully saturated rings. The highest BCUT2D eigenvalue weighted by molar-refractivity contribution is 5.70. The summed E-state index contributed by atoms with van der Waals surface area (Å²) in [7, 11) is 6.42. The van der Waals surface area contributed by atoms with Crippen molar-refractivity contribution in [1.82, 2.24) is 4.90 Å². The molecule has 1 atom stereocenters. The normalized spacial score (nSPS) is 16.0. The van der Waals surface area contributed by atoms with Crippen LogP contribution in [0.1, 0.15) is 30.0 Å². The molecule has 0 bridgehead atoms. The maximum absolute atomic E-state index is 11.4. The number of aliphatic carboxylic acids is 1. The molecule has 0 amide bonds. The Morgan fingerprint density at radius 2 is 1.57 bits per heavy atom. The van der Waals surface area contributed by atoms with E-state index in [0.717, 1.165) is 16.9 Å². The molecular weight excluding hydrogens is 386 g/mol. The first-order valence-electron chi connectivity index (χ1n) is 9.93. The molecule has 2 aromatic rings. The highest BCUT2D eigenvalue weighted by Gasteiger charge is 2.31. The Balaban J connectivity index is 2.07. The lowest BCUT2D eigenvalue weighted by Gasteiger charge is -2.37. The molecular formula is C23H29NO6. The molecule has 0 saturated carbocycles. The Kier molecular flexibility index (Phi) is 7.05. The number of carbonyl (C=O) groups is 1. The minimum Gasteiger partial charge on any atom is -0.497 e. The topological polar surface area (TPSA) is 77.5 Å². The zero-order valence-corrected chi connectivity index (χ0v) is 17.9. The molecule has 1 aliphatic heterocycles. The van der Waals surface area contributed by atoms with Gasteiger partial charge in [-0.05, 0) is 61.3 Å². The molecule has 1 heterocycles. The lowest BCUT2D eigenvalue weighted by atomic mass is 9.91. The Morgan fingerprint density at radius 3 is 2.07 bits per heavy atom. The number of nitrogens with zero attached hydrogens (tertiary/aromatic N) is 1. The van der Waals surface area contributed by atoms with Gasteiger partial charge in [0.1, 0.15) is 5.75 Å². The molecule has 7 nitrogen and oxygen atoms in total. The number of rotatable bonds is 8. The summed E-state index contributed by atoms with van der Waals surface area (Å²) in [6.45, 7) is 1.35. The third kappa shape index (κ3) is 4.46. The fourth-order valence-electron chi connectivity index (χ4n) is 4.09. The van der Waals surface area contributed by atoms with Crippen LogP contribution in [-0.4, -0.2) is 57.5 Å². The summed E-state index contributed by atoms with van der Waals surface area (Å²) < 4.78 is 22.0. The SMILES string of the molecule is COc1cccc(C(c2cc(OC)c(OC)c(OC)c2)N2CCC(C(=O)O)CC2)c1. The molecule has 3 rings (SSSR count). The van der Waals surface area contributed by atoms with Gasteiger partial charge in [0.05, 0.1) is 40.4 Å². The van der Waals surface area contributed by atoms with Crippen LogP contribution in [0.5, 0.6) is 23.0 Å². The Morgan fingerprint density at radius 1 is 0.933 bits per heavy atom. The molecule has 0 radical (unpaired) electrons. The van der Waals surface area contributed by atoms with Gasteiger partial charge in [-0.1, -0.05) is 12.1 Å².